The van der Waals surface area contributed by atoms with Gasteiger partial charge < -0.3 is 10.2 Å². The summed E-state index contributed by atoms with van der Waals surface area (Å²) in [5.41, 5.74) is 2.67. The molecule has 1 atom stereocenters. The molecule has 34 heavy (non-hydrogen) atoms. The molecule has 0 bridgehead atoms. The van der Waals surface area contributed by atoms with Crippen molar-refractivity contribution in [1.82, 2.24) is 10.2 Å². The maximum atomic E-state index is 13.7. The van der Waals surface area contributed by atoms with Crippen molar-refractivity contribution in [3.63, 3.8) is 0 Å². The van der Waals surface area contributed by atoms with Gasteiger partial charge in [-0.3, -0.25) is 9.59 Å². The van der Waals surface area contributed by atoms with Gasteiger partial charge in [0.05, 0.1) is 16.5 Å². The van der Waals surface area contributed by atoms with Crippen LogP contribution in [0.25, 0.3) is 0 Å². The number of hydrogen-bond acceptors (Lipinski definition) is 2. The Bertz CT molecular complexity index is 1110. The molecule has 0 aliphatic rings. The number of amides is 2. The molecule has 0 fully saturated rings. The summed E-state index contributed by atoms with van der Waals surface area (Å²) in [4.78, 5) is 28.6. The van der Waals surface area contributed by atoms with Gasteiger partial charge >= 0.3 is 0 Å². The smallest absolute Gasteiger partial charge is 0.243 e. The molecular formula is C27H27BrCl2N2O2. The Balaban J connectivity index is 1.95. The maximum absolute atomic E-state index is 13.7. The highest BCUT2D eigenvalue weighted by molar-refractivity contribution is 9.10. The summed E-state index contributed by atoms with van der Waals surface area (Å²) < 4.78 is 0.950. The summed E-state index contributed by atoms with van der Waals surface area (Å²) in [6.45, 7) is 2.86. The van der Waals surface area contributed by atoms with Crippen LogP contribution in [0.5, 0.6) is 0 Å². The molecule has 0 aromatic heterocycles. The number of nitrogens with zero attached hydrogens (tertiary/aromatic N) is 1. The number of rotatable bonds is 10. The Hall–Kier alpha value is -2.34. The van der Waals surface area contributed by atoms with Gasteiger partial charge in [-0.1, -0.05) is 94.6 Å². The van der Waals surface area contributed by atoms with Crippen LogP contribution in [0.2, 0.25) is 10.0 Å². The summed E-state index contributed by atoms with van der Waals surface area (Å²) in [5.74, 6) is -0.320. The van der Waals surface area contributed by atoms with Crippen LogP contribution in [0.15, 0.2) is 77.3 Å². The number of hydrogen-bond donors (Lipinski definition) is 1. The average Bonchev–Trinajstić information content (AvgIpc) is 2.84. The van der Waals surface area contributed by atoms with Crippen molar-refractivity contribution in [2.24, 2.45) is 0 Å². The summed E-state index contributed by atoms with van der Waals surface area (Å²) in [6, 6.07) is 22.0. The molecule has 0 aliphatic carbocycles. The van der Waals surface area contributed by atoms with Crippen LogP contribution >= 0.6 is 39.1 Å². The molecule has 0 radical (unpaired) electrons. The summed E-state index contributed by atoms with van der Waals surface area (Å²) in [5, 5.41) is 3.82. The van der Waals surface area contributed by atoms with Crippen LogP contribution in [0.3, 0.4) is 0 Å². The van der Waals surface area contributed by atoms with Gasteiger partial charge in [0, 0.05) is 24.0 Å². The lowest BCUT2D eigenvalue weighted by molar-refractivity contribution is -0.140. The zero-order chi connectivity index (χ0) is 24.5. The lowest BCUT2D eigenvalue weighted by Crippen LogP contribution is -2.51. The molecule has 178 valence electrons. The Morgan fingerprint density at radius 2 is 1.59 bits per heavy atom. The molecule has 0 saturated heterocycles. The number of benzene rings is 3. The van der Waals surface area contributed by atoms with Crippen LogP contribution in [-0.2, 0) is 29.0 Å². The van der Waals surface area contributed by atoms with Gasteiger partial charge in [-0.05, 0) is 47.4 Å². The monoisotopic (exact) mass is 560 g/mol. The van der Waals surface area contributed by atoms with E-state index in [4.69, 9.17) is 23.2 Å². The van der Waals surface area contributed by atoms with E-state index in [0.717, 1.165) is 27.6 Å². The normalized spacial score (nSPS) is 11.6. The van der Waals surface area contributed by atoms with Crippen LogP contribution in [0.4, 0.5) is 0 Å². The minimum absolute atomic E-state index is 0.111. The third-order valence-electron chi connectivity index (χ3n) is 5.43. The highest BCUT2D eigenvalue weighted by Gasteiger charge is 2.30. The van der Waals surface area contributed by atoms with Crippen molar-refractivity contribution in [1.29, 1.82) is 0 Å². The molecule has 0 aliphatic heterocycles. The fourth-order valence-electron chi connectivity index (χ4n) is 3.63. The molecule has 3 rings (SSSR count). The standard InChI is InChI=1S/C27H27BrCl2N2O2/c1-2-14-31-27(34)25(16-19-6-4-3-5-7-19)32(18-20-8-11-22(28)12-9-20)26(33)17-21-10-13-23(29)24(30)15-21/h3-13,15,25H,2,14,16-18H2,1H3,(H,31,34)/t25-/m1/s1. The first-order chi connectivity index (χ1) is 16.4. The SMILES string of the molecule is CCCNC(=O)[C@@H](Cc1ccccc1)N(Cc1ccc(Br)cc1)C(=O)Cc1ccc(Cl)c(Cl)c1. The first-order valence-corrected chi connectivity index (χ1v) is 12.7. The van der Waals surface area contributed by atoms with E-state index in [2.05, 4.69) is 21.2 Å². The second-order valence-corrected chi connectivity index (χ2v) is 9.80. The number of carbonyl (C=O) groups is 2. The molecule has 0 spiro atoms. The van der Waals surface area contributed by atoms with Crippen LogP contribution < -0.4 is 5.32 Å². The second kappa shape index (κ2) is 12.9. The van der Waals surface area contributed by atoms with Crippen molar-refractivity contribution in [2.45, 2.75) is 38.8 Å². The van der Waals surface area contributed by atoms with E-state index in [1.54, 1.807) is 23.1 Å². The summed E-state index contributed by atoms with van der Waals surface area (Å²) in [7, 11) is 0. The Labute approximate surface area is 219 Å². The second-order valence-electron chi connectivity index (χ2n) is 8.07. The van der Waals surface area contributed by atoms with E-state index in [9.17, 15) is 9.59 Å². The van der Waals surface area contributed by atoms with E-state index in [1.807, 2.05) is 61.5 Å². The van der Waals surface area contributed by atoms with Crippen LogP contribution in [0, 0.1) is 0 Å². The van der Waals surface area contributed by atoms with Gasteiger partial charge in [0.2, 0.25) is 11.8 Å². The molecular weight excluding hydrogens is 535 g/mol. The highest BCUT2D eigenvalue weighted by Crippen LogP contribution is 2.24. The zero-order valence-electron chi connectivity index (χ0n) is 18.9. The van der Waals surface area contributed by atoms with Crippen molar-refractivity contribution >= 4 is 50.9 Å². The minimum atomic E-state index is -0.659. The first kappa shape index (κ1) is 26.3. The van der Waals surface area contributed by atoms with E-state index >= 15 is 0 Å². The molecule has 0 unspecified atom stereocenters. The van der Waals surface area contributed by atoms with Gasteiger partial charge in [-0.25, -0.2) is 0 Å². The largest absolute Gasteiger partial charge is 0.354 e. The predicted molar refractivity (Wildman–Crippen MR) is 142 cm³/mol. The van der Waals surface area contributed by atoms with Crippen molar-refractivity contribution in [3.8, 4) is 0 Å². The minimum Gasteiger partial charge on any atom is -0.354 e. The fraction of sp³-hybridized carbons (Fsp3) is 0.259. The molecule has 0 heterocycles. The van der Waals surface area contributed by atoms with Gasteiger partial charge in [-0.15, -0.1) is 0 Å². The predicted octanol–water partition coefficient (Wildman–Crippen LogP) is 6.46. The number of carbonyl (C=O) groups excluding carboxylic acids is 2. The number of nitrogens with one attached hydrogen (secondary N) is 1. The highest BCUT2D eigenvalue weighted by atomic mass is 79.9. The van der Waals surface area contributed by atoms with Crippen molar-refractivity contribution in [2.75, 3.05) is 6.54 Å². The third kappa shape index (κ3) is 7.59. The molecule has 4 nitrogen and oxygen atoms in total. The lowest BCUT2D eigenvalue weighted by atomic mass is 10.0. The van der Waals surface area contributed by atoms with Crippen LogP contribution in [-0.4, -0.2) is 29.3 Å². The van der Waals surface area contributed by atoms with E-state index in [1.165, 1.54) is 0 Å². The molecule has 3 aromatic rings. The van der Waals surface area contributed by atoms with Gasteiger partial charge in [0.15, 0.2) is 0 Å². The lowest BCUT2D eigenvalue weighted by Gasteiger charge is -2.31. The summed E-state index contributed by atoms with van der Waals surface area (Å²) in [6.07, 6.45) is 1.34. The zero-order valence-corrected chi connectivity index (χ0v) is 22.0. The molecule has 1 N–H and O–H groups in total. The summed E-state index contributed by atoms with van der Waals surface area (Å²) >= 11 is 15.7. The Kier molecular flexibility index (Phi) is 10.00. The van der Waals surface area contributed by atoms with E-state index in [-0.39, 0.29) is 18.2 Å². The van der Waals surface area contributed by atoms with Gasteiger partial charge in [0.1, 0.15) is 6.04 Å². The Morgan fingerprint density at radius 3 is 2.24 bits per heavy atom. The van der Waals surface area contributed by atoms with E-state index in [0.29, 0.717) is 29.6 Å². The molecule has 2 amide bonds. The van der Waals surface area contributed by atoms with Crippen molar-refractivity contribution in [3.05, 3.63) is 104 Å². The average molecular weight is 562 g/mol. The maximum Gasteiger partial charge on any atom is 0.243 e. The molecule has 7 heteroatoms. The van der Waals surface area contributed by atoms with Gasteiger partial charge in [0.25, 0.3) is 0 Å². The first-order valence-electron chi connectivity index (χ1n) is 11.2. The van der Waals surface area contributed by atoms with Crippen LogP contribution in [0.1, 0.15) is 30.0 Å². The third-order valence-corrected chi connectivity index (χ3v) is 6.69. The fourth-order valence-corrected chi connectivity index (χ4v) is 4.22. The van der Waals surface area contributed by atoms with E-state index < -0.39 is 6.04 Å². The van der Waals surface area contributed by atoms with Crippen molar-refractivity contribution < 1.29 is 9.59 Å². The van der Waals surface area contributed by atoms with Gasteiger partial charge in [-0.2, -0.15) is 0 Å². The number of halogens is 3. The topological polar surface area (TPSA) is 49.4 Å². The molecule has 0 saturated carbocycles. The Morgan fingerprint density at radius 1 is 0.912 bits per heavy atom. The quantitative estimate of drug-likeness (QED) is 0.308. The molecule has 3 aromatic carbocycles.